The second kappa shape index (κ2) is 5.21. The van der Waals surface area contributed by atoms with Crippen LogP contribution in [0.15, 0.2) is 60.8 Å². The molecule has 0 atom stereocenters. The highest BCUT2D eigenvalue weighted by molar-refractivity contribution is 5.95. The highest BCUT2D eigenvalue weighted by atomic mass is 15.1. The van der Waals surface area contributed by atoms with Crippen LogP contribution < -0.4 is 4.90 Å². The Morgan fingerprint density at radius 1 is 0.952 bits per heavy atom. The van der Waals surface area contributed by atoms with Crippen molar-refractivity contribution < 1.29 is 0 Å². The Bertz CT molecular complexity index is 765. The zero-order chi connectivity index (χ0) is 14.1. The van der Waals surface area contributed by atoms with E-state index in [1.807, 2.05) is 6.20 Å². The number of rotatable bonds is 2. The normalized spacial score (nSPS) is 14.2. The van der Waals surface area contributed by atoms with E-state index in [9.17, 15) is 0 Å². The van der Waals surface area contributed by atoms with Crippen LogP contribution in [-0.4, -0.2) is 11.5 Å². The molecule has 4 rings (SSSR count). The summed E-state index contributed by atoms with van der Waals surface area (Å²) in [4.78, 5) is 7.19. The van der Waals surface area contributed by atoms with Crippen LogP contribution >= 0.6 is 0 Å². The van der Waals surface area contributed by atoms with Gasteiger partial charge in [0, 0.05) is 30.1 Å². The van der Waals surface area contributed by atoms with Gasteiger partial charge in [-0.25, -0.2) is 0 Å². The van der Waals surface area contributed by atoms with E-state index in [0.717, 1.165) is 19.5 Å². The van der Waals surface area contributed by atoms with Crippen LogP contribution in [0.3, 0.4) is 0 Å². The number of aryl methyl sites for hydroxylation is 1. The molecule has 2 heterocycles. The number of pyridine rings is 1. The van der Waals surface area contributed by atoms with Gasteiger partial charge in [-0.15, -0.1) is 0 Å². The van der Waals surface area contributed by atoms with Crippen LogP contribution in [-0.2, 0) is 13.0 Å². The van der Waals surface area contributed by atoms with E-state index in [0.29, 0.717) is 0 Å². The lowest BCUT2D eigenvalue weighted by molar-refractivity contribution is 0.681. The van der Waals surface area contributed by atoms with Gasteiger partial charge in [-0.2, -0.15) is 0 Å². The molecule has 104 valence electrons. The molecule has 1 aromatic heterocycles. The van der Waals surface area contributed by atoms with Crippen molar-refractivity contribution >= 4 is 16.5 Å². The van der Waals surface area contributed by atoms with Crippen molar-refractivity contribution in [3.8, 4) is 0 Å². The summed E-state index contributed by atoms with van der Waals surface area (Å²) in [5, 5.41) is 2.56. The minimum absolute atomic E-state index is 0.962. The maximum Gasteiger partial charge on any atom is 0.0668 e. The highest BCUT2D eigenvalue weighted by Crippen LogP contribution is 2.34. The van der Waals surface area contributed by atoms with Gasteiger partial charge in [-0.1, -0.05) is 54.6 Å². The quantitative estimate of drug-likeness (QED) is 0.696. The smallest absolute Gasteiger partial charge is 0.0668 e. The van der Waals surface area contributed by atoms with Crippen molar-refractivity contribution in [2.75, 3.05) is 11.4 Å². The Kier molecular flexibility index (Phi) is 3.07. The Morgan fingerprint density at radius 3 is 2.67 bits per heavy atom. The Hall–Kier alpha value is -2.35. The van der Waals surface area contributed by atoms with E-state index >= 15 is 0 Å². The predicted molar refractivity (Wildman–Crippen MR) is 87.6 cm³/mol. The molecule has 1 aliphatic rings. The molecule has 0 aliphatic carbocycles. The first-order valence-electron chi connectivity index (χ1n) is 7.57. The lowest BCUT2D eigenvalue weighted by Crippen LogP contribution is -2.29. The summed E-state index contributed by atoms with van der Waals surface area (Å²) in [7, 11) is 0. The van der Waals surface area contributed by atoms with Crippen molar-refractivity contribution in [1.29, 1.82) is 0 Å². The summed E-state index contributed by atoms with van der Waals surface area (Å²) < 4.78 is 0. The summed E-state index contributed by atoms with van der Waals surface area (Å²) in [5.74, 6) is 0. The van der Waals surface area contributed by atoms with E-state index in [1.165, 1.54) is 34.1 Å². The Morgan fingerprint density at radius 2 is 1.76 bits per heavy atom. The highest BCUT2D eigenvalue weighted by Gasteiger charge is 2.20. The number of fused-ring (bicyclic) bond motifs is 3. The second-order valence-corrected chi connectivity index (χ2v) is 5.65. The molecule has 2 heteroatoms. The molecule has 2 nitrogen and oxygen atoms in total. The van der Waals surface area contributed by atoms with Gasteiger partial charge in [0.05, 0.1) is 11.4 Å². The molecule has 0 spiro atoms. The first-order valence-corrected chi connectivity index (χ1v) is 7.57. The molecule has 0 unspecified atom stereocenters. The summed E-state index contributed by atoms with van der Waals surface area (Å²) in [6.07, 6.45) is 4.29. The van der Waals surface area contributed by atoms with Gasteiger partial charge in [0.2, 0.25) is 0 Å². The third-order valence-electron chi connectivity index (χ3n) is 4.22. The molecule has 0 fully saturated rings. The average Bonchev–Trinajstić information content (AvgIpc) is 2.56. The zero-order valence-corrected chi connectivity index (χ0v) is 12.0. The summed E-state index contributed by atoms with van der Waals surface area (Å²) in [5.41, 5.74) is 3.94. The second-order valence-electron chi connectivity index (χ2n) is 5.65. The van der Waals surface area contributed by atoms with Crippen LogP contribution in [0.1, 0.15) is 17.7 Å². The standard InChI is InChI=1S/C19H18N2/c1-2-7-15(8-3-1)14-21-12-6-11-18-19(21)17-10-5-4-9-16(17)13-20-18/h1-5,7-10,13H,6,11-12,14H2. The Balaban J connectivity index is 1.81. The van der Waals surface area contributed by atoms with Gasteiger partial charge in [0.1, 0.15) is 0 Å². The van der Waals surface area contributed by atoms with Gasteiger partial charge in [0.15, 0.2) is 0 Å². The van der Waals surface area contributed by atoms with E-state index in [-0.39, 0.29) is 0 Å². The molecule has 0 saturated heterocycles. The molecule has 0 N–H and O–H groups in total. The fourth-order valence-electron chi connectivity index (χ4n) is 3.24. The SMILES string of the molecule is c1ccc(CN2CCCc3ncc4ccccc4c32)cc1. The first kappa shape index (κ1) is 12.4. The van der Waals surface area contributed by atoms with Crippen molar-refractivity contribution in [1.82, 2.24) is 4.98 Å². The molecule has 0 radical (unpaired) electrons. The molecule has 3 aromatic rings. The minimum Gasteiger partial charge on any atom is -0.365 e. The molecule has 1 aliphatic heterocycles. The summed E-state index contributed by atoms with van der Waals surface area (Å²) >= 11 is 0. The summed E-state index contributed by atoms with van der Waals surface area (Å²) in [6.45, 7) is 2.07. The maximum atomic E-state index is 4.70. The molecular weight excluding hydrogens is 256 g/mol. The number of benzene rings is 2. The van der Waals surface area contributed by atoms with Crippen LogP contribution in [0.25, 0.3) is 10.8 Å². The third-order valence-corrected chi connectivity index (χ3v) is 4.22. The van der Waals surface area contributed by atoms with Crippen LogP contribution in [0, 0.1) is 0 Å². The topological polar surface area (TPSA) is 16.1 Å². The van der Waals surface area contributed by atoms with Crippen LogP contribution in [0.2, 0.25) is 0 Å². The van der Waals surface area contributed by atoms with Crippen molar-refractivity contribution in [3.05, 3.63) is 72.1 Å². The number of anilines is 1. The van der Waals surface area contributed by atoms with E-state index in [1.54, 1.807) is 0 Å². The summed E-state index contributed by atoms with van der Waals surface area (Å²) in [6, 6.07) is 19.3. The largest absolute Gasteiger partial charge is 0.365 e. The Labute approximate surface area is 125 Å². The van der Waals surface area contributed by atoms with Crippen molar-refractivity contribution in [2.24, 2.45) is 0 Å². The minimum atomic E-state index is 0.962. The fourth-order valence-corrected chi connectivity index (χ4v) is 3.24. The van der Waals surface area contributed by atoms with Crippen LogP contribution in [0.5, 0.6) is 0 Å². The lowest BCUT2D eigenvalue weighted by atomic mass is 10.0. The van der Waals surface area contributed by atoms with Crippen LogP contribution in [0.4, 0.5) is 5.69 Å². The van der Waals surface area contributed by atoms with E-state index in [4.69, 9.17) is 4.98 Å². The molecule has 0 bridgehead atoms. The van der Waals surface area contributed by atoms with Gasteiger partial charge in [-0.05, 0) is 18.4 Å². The third kappa shape index (κ3) is 2.27. The maximum absolute atomic E-state index is 4.70. The predicted octanol–water partition coefficient (Wildman–Crippen LogP) is 4.19. The molecule has 0 saturated carbocycles. The van der Waals surface area contributed by atoms with Gasteiger partial charge >= 0.3 is 0 Å². The van der Waals surface area contributed by atoms with E-state index in [2.05, 4.69) is 59.5 Å². The number of hydrogen-bond donors (Lipinski definition) is 0. The molecule has 2 aromatic carbocycles. The molecule has 0 amide bonds. The average molecular weight is 274 g/mol. The number of aromatic nitrogens is 1. The van der Waals surface area contributed by atoms with E-state index < -0.39 is 0 Å². The fraction of sp³-hybridized carbons (Fsp3) is 0.211. The number of nitrogens with zero attached hydrogens (tertiary/aromatic N) is 2. The monoisotopic (exact) mass is 274 g/mol. The number of hydrogen-bond acceptors (Lipinski definition) is 2. The zero-order valence-electron chi connectivity index (χ0n) is 12.0. The molecular formula is C19H18N2. The van der Waals surface area contributed by atoms with Crippen molar-refractivity contribution in [3.63, 3.8) is 0 Å². The van der Waals surface area contributed by atoms with Crippen molar-refractivity contribution in [2.45, 2.75) is 19.4 Å². The first-order chi connectivity index (χ1) is 10.4. The van der Waals surface area contributed by atoms with Gasteiger partial charge in [0.25, 0.3) is 0 Å². The van der Waals surface area contributed by atoms with Gasteiger partial charge < -0.3 is 4.90 Å². The lowest BCUT2D eigenvalue weighted by Gasteiger charge is -2.32. The van der Waals surface area contributed by atoms with Gasteiger partial charge in [-0.3, -0.25) is 4.98 Å². The molecule has 21 heavy (non-hydrogen) atoms.